The van der Waals surface area contributed by atoms with Crippen molar-refractivity contribution in [2.75, 3.05) is 11.6 Å². The standard InChI is InChI=1S/C14H16N2O3S/c1-10-7-11(16(17)18)3-6-14(10)15-8-12-4-5-13(19-12)9-20-2/h3-7,15H,8-9H2,1-2H3. The number of rotatable bonds is 6. The predicted octanol–water partition coefficient (Wildman–Crippen LogP) is 3.97. The molecule has 1 N–H and O–H groups in total. The highest BCUT2D eigenvalue weighted by atomic mass is 32.2. The molecular weight excluding hydrogens is 276 g/mol. The Balaban J connectivity index is 2.01. The summed E-state index contributed by atoms with van der Waals surface area (Å²) in [5, 5.41) is 13.9. The zero-order chi connectivity index (χ0) is 14.5. The first-order valence-electron chi connectivity index (χ1n) is 6.15. The van der Waals surface area contributed by atoms with E-state index in [-0.39, 0.29) is 5.69 Å². The van der Waals surface area contributed by atoms with E-state index < -0.39 is 4.92 Å². The molecule has 5 nitrogen and oxygen atoms in total. The van der Waals surface area contributed by atoms with E-state index in [2.05, 4.69) is 5.32 Å². The van der Waals surface area contributed by atoms with Crippen LogP contribution in [0.2, 0.25) is 0 Å². The second kappa shape index (κ2) is 6.47. The number of hydrogen-bond acceptors (Lipinski definition) is 5. The molecule has 2 aromatic rings. The molecule has 0 atom stereocenters. The van der Waals surface area contributed by atoms with Gasteiger partial charge >= 0.3 is 0 Å². The van der Waals surface area contributed by atoms with Crippen LogP contribution in [0.4, 0.5) is 11.4 Å². The quantitative estimate of drug-likeness (QED) is 0.644. The summed E-state index contributed by atoms with van der Waals surface area (Å²) in [6.45, 7) is 2.41. The number of non-ortho nitro benzene ring substituents is 1. The molecule has 1 aromatic heterocycles. The molecule has 0 radical (unpaired) electrons. The number of nitrogens with zero attached hydrogens (tertiary/aromatic N) is 1. The highest BCUT2D eigenvalue weighted by Crippen LogP contribution is 2.22. The van der Waals surface area contributed by atoms with Crippen LogP contribution in [-0.2, 0) is 12.3 Å². The number of nitro groups is 1. The van der Waals surface area contributed by atoms with Gasteiger partial charge in [-0.2, -0.15) is 11.8 Å². The predicted molar refractivity (Wildman–Crippen MR) is 81.1 cm³/mol. The van der Waals surface area contributed by atoms with Crippen LogP contribution in [0.15, 0.2) is 34.7 Å². The van der Waals surface area contributed by atoms with Crippen molar-refractivity contribution in [3.05, 3.63) is 57.5 Å². The molecule has 6 heteroatoms. The molecule has 2 rings (SSSR count). The average molecular weight is 292 g/mol. The summed E-state index contributed by atoms with van der Waals surface area (Å²) in [5.41, 5.74) is 1.82. The lowest BCUT2D eigenvalue weighted by molar-refractivity contribution is -0.384. The van der Waals surface area contributed by atoms with Crippen molar-refractivity contribution in [1.29, 1.82) is 0 Å². The summed E-state index contributed by atoms with van der Waals surface area (Å²) in [4.78, 5) is 10.3. The lowest BCUT2D eigenvalue weighted by atomic mass is 10.2. The van der Waals surface area contributed by atoms with E-state index in [1.54, 1.807) is 23.9 Å². The minimum absolute atomic E-state index is 0.105. The zero-order valence-corrected chi connectivity index (χ0v) is 12.2. The first kappa shape index (κ1) is 14.5. The smallest absolute Gasteiger partial charge is 0.269 e. The number of nitrogens with one attached hydrogen (secondary N) is 1. The maximum Gasteiger partial charge on any atom is 0.269 e. The van der Waals surface area contributed by atoms with Crippen molar-refractivity contribution in [2.24, 2.45) is 0 Å². The Morgan fingerprint density at radius 1 is 1.30 bits per heavy atom. The molecule has 0 aliphatic rings. The molecule has 0 aliphatic carbocycles. The Labute approximate surface area is 121 Å². The number of aryl methyl sites for hydroxylation is 1. The maximum absolute atomic E-state index is 10.7. The normalized spacial score (nSPS) is 10.5. The van der Waals surface area contributed by atoms with E-state index in [1.165, 1.54) is 6.07 Å². The van der Waals surface area contributed by atoms with Crippen molar-refractivity contribution < 1.29 is 9.34 Å². The summed E-state index contributed by atoms with van der Waals surface area (Å²) in [6.07, 6.45) is 2.03. The minimum atomic E-state index is -0.391. The van der Waals surface area contributed by atoms with Gasteiger partial charge in [0.2, 0.25) is 0 Å². The number of thioether (sulfide) groups is 1. The van der Waals surface area contributed by atoms with Gasteiger partial charge in [-0.1, -0.05) is 0 Å². The summed E-state index contributed by atoms with van der Waals surface area (Å²) in [6, 6.07) is 8.69. The van der Waals surface area contributed by atoms with E-state index in [1.807, 2.05) is 25.3 Å². The van der Waals surface area contributed by atoms with Gasteiger partial charge in [0, 0.05) is 17.8 Å². The third-order valence-electron chi connectivity index (χ3n) is 2.88. The van der Waals surface area contributed by atoms with Crippen molar-refractivity contribution in [3.8, 4) is 0 Å². The molecule has 0 fully saturated rings. The Hall–Kier alpha value is -1.95. The monoisotopic (exact) mass is 292 g/mol. The van der Waals surface area contributed by atoms with E-state index in [0.29, 0.717) is 6.54 Å². The number of anilines is 1. The molecular formula is C14H16N2O3S. The molecule has 0 saturated heterocycles. The number of benzene rings is 1. The van der Waals surface area contributed by atoms with Gasteiger partial charge < -0.3 is 9.73 Å². The van der Waals surface area contributed by atoms with E-state index in [9.17, 15) is 10.1 Å². The van der Waals surface area contributed by atoms with Gasteiger partial charge in [-0.15, -0.1) is 0 Å². The Morgan fingerprint density at radius 2 is 2.05 bits per heavy atom. The van der Waals surface area contributed by atoms with Gasteiger partial charge in [-0.25, -0.2) is 0 Å². The first-order valence-corrected chi connectivity index (χ1v) is 7.55. The van der Waals surface area contributed by atoms with Gasteiger partial charge in [0.05, 0.1) is 17.2 Å². The fraction of sp³-hybridized carbons (Fsp3) is 0.286. The highest BCUT2D eigenvalue weighted by Gasteiger charge is 2.08. The topological polar surface area (TPSA) is 68.3 Å². The van der Waals surface area contributed by atoms with E-state index in [4.69, 9.17) is 4.42 Å². The van der Waals surface area contributed by atoms with Gasteiger partial charge in [0.1, 0.15) is 11.5 Å². The van der Waals surface area contributed by atoms with Crippen LogP contribution in [0.3, 0.4) is 0 Å². The van der Waals surface area contributed by atoms with Crippen molar-refractivity contribution >= 4 is 23.1 Å². The van der Waals surface area contributed by atoms with Crippen LogP contribution in [0.5, 0.6) is 0 Å². The maximum atomic E-state index is 10.7. The molecule has 0 spiro atoms. The second-order valence-electron chi connectivity index (χ2n) is 4.41. The van der Waals surface area contributed by atoms with Gasteiger partial charge in [0.15, 0.2) is 0 Å². The number of furan rings is 1. The highest BCUT2D eigenvalue weighted by molar-refractivity contribution is 7.97. The molecule has 0 bridgehead atoms. The van der Waals surface area contributed by atoms with Crippen LogP contribution in [0.25, 0.3) is 0 Å². The Bertz CT molecular complexity index is 610. The summed E-state index contributed by atoms with van der Waals surface area (Å²) in [7, 11) is 0. The minimum Gasteiger partial charge on any atom is -0.463 e. The summed E-state index contributed by atoms with van der Waals surface area (Å²) in [5.74, 6) is 2.66. The molecule has 106 valence electrons. The third-order valence-corrected chi connectivity index (χ3v) is 3.45. The number of hydrogen-bond donors (Lipinski definition) is 1. The van der Waals surface area contributed by atoms with Crippen molar-refractivity contribution in [3.63, 3.8) is 0 Å². The van der Waals surface area contributed by atoms with Crippen LogP contribution in [0.1, 0.15) is 17.1 Å². The lowest BCUT2D eigenvalue weighted by Crippen LogP contribution is -2.00. The zero-order valence-electron chi connectivity index (χ0n) is 11.4. The Kier molecular flexibility index (Phi) is 4.68. The van der Waals surface area contributed by atoms with E-state index in [0.717, 1.165) is 28.5 Å². The van der Waals surface area contributed by atoms with Crippen LogP contribution in [-0.4, -0.2) is 11.2 Å². The fourth-order valence-electron chi connectivity index (χ4n) is 1.88. The molecule has 1 heterocycles. The third kappa shape index (κ3) is 3.54. The van der Waals surface area contributed by atoms with Crippen LogP contribution in [0, 0.1) is 17.0 Å². The summed E-state index contributed by atoms with van der Waals surface area (Å²) >= 11 is 1.71. The average Bonchev–Trinajstić information content (AvgIpc) is 2.85. The van der Waals surface area contributed by atoms with Crippen LogP contribution < -0.4 is 5.32 Å². The van der Waals surface area contributed by atoms with Gasteiger partial charge in [-0.05, 0) is 36.9 Å². The molecule has 1 aromatic carbocycles. The van der Waals surface area contributed by atoms with Gasteiger partial charge in [-0.3, -0.25) is 10.1 Å². The fourth-order valence-corrected chi connectivity index (χ4v) is 2.32. The largest absolute Gasteiger partial charge is 0.463 e. The molecule has 20 heavy (non-hydrogen) atoms. The molecule has 0 saturated carbocycles. The first-order chi connectivity index (χ1) is 9.60. The van der Waals surface area contributed by atoms with Crippen molar-refractivity contribution in [1.82, 2.24) is 0 Å². The van der Waals surface area contributed by atoms with Crippen molar-refractivity contribution in [2.45, 2.75) is 19.2 Å². The van der Waals surface area contributed by atoms with E-state index >= 15 is 0 Å². The SMILES string of the molecule is CSCc1ccc(CNc2ccc([N+](=O)[O-])cc2C)o1. The lowest BCUT2D eigenvalue weighted by Gasteiger charge is -2.07. The molecule has 0 amide bonds. The molecule has 0 unspecified atom stereocenters. The Morgan fingerprint density at radius 3 is 2.70 bits per heavy atom. The van der Waals surface area contributed by atoms with Gasteiger partial charge in [0.25, 0.3) is 5.69 Å². The summed E-state index contributed by atoms with van der Waals surface area (Å²) < 4.78 is 5.66. The molecule has 0 aliphatic heterocycles. The number of nitro benzene ring substituents is 1. The van der Waals surface area contributed by atoms with Crippen LogP contribution >= 0.6 is 11.8 Å². The second-order valence-corrected chi connectivity index (χ2v) is 5.28.